The highest BCUT2D eigenvalue weighted by atomic mass is 28.3. The zero-order chi connectivity index (χ0) is 10.1. The van der Waals surface area contributed by atoms with E-state index in [9.17, 15) is 0 Å². The molecule has 1 aromatic rings. The molecule has 0 saturated carbocycles. The largest absolute Gasteiger partial charge is 0.324 e. The van der Waals surface area contributed by atoms with E-state index in [4.69, 9.17) is 5.73 Å². The maximum absolute atomic E-state index is 5.78. The van der Waals surface area contributed by atoms with E-state index in [0.29, 0.717) is 0 Å². The van der Waals surface area contributed by atoms with E-state index in [2.05, 4.69) is 43.9 Å². The summed E-state index contributed by atoms with van der Waals surface area (Å²) in [6.45, 7) is 9.08. The average Bonchev–Trinajstić information content (AvgIpc) is 2.03. The van der Waals surface area contributed by atoms with Crippen LogP contribution in [0.25, 0.3) is 0 Å². The summed E-state index contributed by atoms with van der Waals surface area (Å²) in [5.41, 5.74) is 7.01. The second-order valence-corrected chi connectivity index (χ2v) is 9.74. The highest BCUT2D eigenvalue weighted by molar-refractivity contribution is 6.88. The van der Waals surface area contributed by atoms with Crippen molar-refractivity contribution < 1.29 is 0 Å². The Labute approximate surface area is 82.0 Å². The monoisotopic (exact) mass is 193 g/mol. The van der Waals surface area contributed by atoms with Gasteiger partial charge in [-0.2, -0.15) is 0 Å². The van der Waals surface area contributed by atoms with Crippen molar-refractivity contribution in [2.75, 3.05) is 0 Å². The summed E-state index contributed by atoms with van der Waals surface area (Å²) >= 11 is 0. The van der Waals surface area contributed by atoms with Crippen LogP contribution >= 0.6 is 0 Å². The Balaban J connectivity index is 2.94. The molecule has 0 heterocycles. The number of hydrogen-bond donors (Lipinski definition) is 1. The first-order valence-corrected chi connectivity index (χ1v) is 8.27. The van der Waals surface area contributed by atoms with Gasteiger partial charge in [0, 0.05) is 6.04 Å². The molecule has 0 aromatic heterocycles. The highest BCUT2D eigenvalue weighted by Crippen LogP contribution is 2.09. The maximum Gasteiger partial charge on any atom is 0.0775 e. The van der Waals surface area contributed by atoms with Gasteiger partial charge in [-0.15, -0.1) is 0 Å². The van der Waals surface area contributed by atoms with Gasteiger partial charge in [0.1, 0.15) is 0 Å². The van der Waals surface area contributed by atoms with E-state index >= 15 is 0 Å². The summed E-state index contributed by atoms with van der Waals surface area (Å²) in [7, 11) is -1.13. The zero-order valence-corrected chi connectivity index (χ0v) is 9.96. The molecule has 0 spiro atoms. The lowest BCUT2D eigenvalue weighted by Gasteiger charge is -2.17. The standard InChI is InChI=1S/C11H19NSi/c1-9(12)10-5-7-11(8-6-10)13(2,3)4/h5-9H,12H2,1-4H3. The Morgan fingerprint density at radius 2 is 1.54 bits per heavy atom. The van der Waals surface area contributed by atoms with Gasteiger partial charge in [-0.05, 0) is 12.5 Å². The predicted molar refractivity (Wildman–Crippen MR) is 62.0 cm³/mol. The molecule has 0 fully saturated rings. The van der Waals surface area contributed by atoms with Crippen molar-refractivity contribution >= 4 is 13.3 Å². The Bertz CT molecular complexity index is 269. The molecule has 1 unspecified atom stereocenters. The van der Waals surface area contributed by atoms with Gasteiger partial charge in [0.2, 0.25) is 0 Å². The van der Waals surface area contributed by atoms with Gasteiger partial charge in [0.25, 0.3) is 0 Å². The number of nitrogens with two attached hydrogens (primary N) is 1. The summed E-state index contributed by atoms with van der Waals surface area (Å²) in [5, 5.41) is 1.50. The van der Waals surface area contributed by atoms with Crippen molar-refractivity contribution in [3.63, 3.8) is 0 Å². The fraction of sp³-hybridized carbons (Fsp3) is 0.455. The van der Waals surface area contributed by atoms with Crippen molar-refractivity contribution in [2.24, 2.45) is 5.73 Å². The van der Waals surface area contributed by atoms with Crippen molar-refractivity contribution in [3.8, 4) is 0 Å². The second kappa shape index (κ2) is 3.64. The van der Waals surface area contributed by atoms with E-state index < -0.39 is 8.07 Å². The van der Waals surface area contributed by atoms with Crippen molar-refractivity contribution in [2.45, 2.75) is 32.6 Å². The van der Waals surface area contributed by atoms with E-state index in [0.717, 1.165) is 0 Å². The predicted octanol–water partition coefficient (Wildman–Crippen LogP) is 2.25. The molecule has 72 valence electrons. The maximum atomic E-state index is 5.78. The first kappa shape index (κ1) is 10.5. The Morgan fingerprint density at radius 1 is 1.08 bits per heavy atom. The molecule has 0 amide bonds. The van der Waals surface area contributed by atoms with Gasteiger partial charge in [-0.25, -0.2) is 0 Å². The van der Waals surface area contributed by atoms with Gasteiger partial charge < -0.3 is 5.73 Å². The van der Waals surface area contributed by atoms with Gasteiger partial charge in [0.05, 0.1) is 8.07 Å². The minimum Gasteiger partial charge on any atom is -0.324 e. The van der Waals surface area contributed by atoms with Crippen molar-refractivity contribution in [3.05, 3.63) is 29.8 Å². The molecule has 2 heteroatoms. The molecule has 0 aliphatic rings. The van der Waals surface area contributed by atoms with Crippen LogP contribution in [0.5, 0.6) is 0 Å². The quantitative estimate of drug-likeness (QED) is 0.716. The van der Waals surface area contributed by atoms with E-state index in [-0.39, 0.29) is 6.04 Å². The third-order valence-corrected chi connectivity index (χ3v) is 4.37. The van der Waals surface area contributed by atoms with E-state index in [1.807, 2.05) is 6.92 Å². The van der Waals surface area contributed by atoms with Crippen LogP contribution < -0.4 is 10.9 Å². The molecule has 13 heavy (non-hydrogen) atoms. The summed E-state index contributed by atoms with van der Waals surface area (Å²) in [6, 6.07) is 8.91. The highest BCUT2D eigenvalue weighted by Gasteiger charge is 2.15. The molecule has 1 rings (SSSR count). The van der Waals surface area contributed by atoms with E-state index in [1.165, 1.54) is 10.8 Å². The van der Waals surface area contributed by atoms with Crippen molar-refractivity contribution in [1.29, 1.82) is 0 Å². The minimum atomic E-state index is -1.13. The number of benzene rings is 1. The molecular formula is C11H19NSi. The van der Waals surface area contributed by atoms with Crippen LogP contribution in [0, 0.1) is 0 Å². The Hall–Kier alpha value is -0.603. The summed E-state index contributed by atoms with van der Waals surface area (Å²) in [6.07, 6.45) is 0. The lowest BCUT2D eigenvalue weighted by molar-refractivity contribution is 0.819. The normalized spacial score (nSPS) is 14.2. The molecule has 0 bridgehead atoms. The molecule has 1 nitrogen and oxygen atoms in total. The topological polar surface area (TPSA) is 26.0 Å². The van der Waals surface area contributed by atoms with Crippen LogP contribution in [0.4, 0.5) is 0 Å². The van der Waals surface area contributed by atoms with Crippen LogP contribution in [0.15, 0.2) is 24.3 Å². The minimum absolute atomic E-state index is 0.149. The molecule has 0 saturated heterocycles. The average molecular weight is 193 g/mol. The first-order chi connectivity index (χ1) is 5.91. The van der Waals surface area contributed by atoms with Crippen molar-refractivity contribution in [1.82, 2.24) is 0 Å². The summed E-state index contributed by atoms with van der Waals surface area (Å²) in [4.78, 5) is 0. The van der Waals surface area contributed by atoms with Crippen LogP contribution in [0.2, 0.25) is 19.6 Å². The van der Waals surface area contributed by atoms with Gasteiger partial charge in [0.15, 0.2) is 0 Å². The molecule has 0 aliphatic carbocycles. The number of hydrogen-bond acceptors (Lipinski definition) is 1. The third-order valence-electron chi connectivity index (χ3n) is 2.30. The van der Waals surface area contributed by atoms with Crippen LogP contribution in [-0.4, -0.2) is 8.07 Å². The number of rotatable bonds is 2. The lowest BCUT2D eigenvalue weighted by Crippen LogP contribution is -2.37. The molecule has 1 aromatic carbocycles. The van der Waals surface area contributed by atoms with Gasteiger partial charge in [-0.1, -0.05) is 49.1 Å². The molecular weight excluding hydrogens is 174 g/mol. The Kier molecular flexibility index (Phi) is 2.93. The molecule has 0 radical (unpaired) electrons. The van der Waals surface area contributed by atoms with E-state index in [1.54, 1.807) is 0 Å². The fourth-order valence-corrected chi connectivity index (χ4v) is 2.45. The van der Waals surface area contributed by atoms with Crippen LogP contribution in [0.1, 0.15) is 18.5 Å². The van der Waals surface area contributed by atoms with Crippen LogP contribution in [0.3, 0.4) is 0 Å². The zero-order valence-electron chi connectivity index (χ0n) is 8.96. The Morgan fingerprint density at radius 3 is 1.85 bits per heavy atom. The van der Waals surface area contributed by atoms with Gasteiger partial charge >= 0.3 is 0 Å². The fourth-order valence-electron chi connectivity index (χ4n) is 1.29. The molecule has 2 N–H and O–H groups in total. The summed E-state index contributed by atoms with van der Waals surface area (Å²) in [5.74, 6) is 0. The summed E-state index contributed by atoms with van der Waals surface area (Å²) < 4.78 is 0. The smallest absolute Gasteiger partial charge is 0.0775 e. The third kappa shape index (κ3) is 2.67. The SMILES string of the molecule is CC(N)c1ccc([Si](C)(C)C)cc1. The lowest BCUT2D eigenvalue weighted by atomic mass is 10.1. The molecule has 0 aliphatic heterocycles. The second-order valence-electron chi connectivity index (χ2n) is 4.66. The first-order valence-electron chi connectivity index (χ1n) is 4.77. The van der Waals surface area contributed by atoms with Crippen LogP contribution in [-0.2, 0) is 0 Å². The molecule has 1 atom stereocenters. The van der Waals surface area contributed by atoms with Gasteiger partial charge in [-0.3, -0.25) is 0 Å².